The first-order valence-electron chi connectivity index (χ1n) is 10.4. The Hall–Kier alpha value is -2.28. The van der Waals surface area contributed by atoms with Crippen molar-refractivity contribution in [3.8, 4) is 11.5 Å². The van der Waals surface area contributed by atoms with Gasteiger partial charge in [-0.3, -0.25) is 9.78 Å². The molecule has 4 heterocycles. The Morgan fingerprint density at radius 2 is 2.00 bits per heavy atom. The minimum atomic E-state index is 0.256. The number of hydrogen-bond acceptors (Lipinski definition) is 6. The zero-order chi connectivity index (χ0) is 18.9. The smallest absolute Gasteiger partial charge is 0.258 e. The molecule has 1 amide bonds. The van der Waals surface area contributed by atoms with Crippen LogP contribution < -0.4 is 0 Å². The van der Waals surface area contributed by atoms with E-state index >= 15 is 0 Å². The summed E-state index contributed by atoms with van der Waals surface area (Å²) in [6.45, 7) is 3.11. The van der Waals surface area contributed by atoms with Crippen molar-refractivity contribution in [2.45, 2.75) is 50.4 Å². The van der Waals surface area contributed by atoms with Gasteiger partial charge in [-0.2, -0.15) is 4.98 Å². The second-order valence-electron chi connectivity index (χ2n) is 8.29. The van der Waals surface area contributed by atoms with Gasteiger partial charge in [-0.25, -0.2) is 0 Å². The van der Waals surface area contributed by atoms with Gasteiger partial charge in [0.2, 0.25) is 5.91 Å². The Morgan fingerprint density at radius 1 is 1.14 bits per heavy atom. The lowest BCUT2D eigenvalue weighted by Gasteiger charge is -2.30. The summed E-state index contributed by atoms with van der Waals surface area (Å²) in [5.74, 6) is 2.87. The van der Waals surface area contributed by atoms with Crippen molar-refractivity contribution < 1.29 is 14.1 Å². The van der Waals surface area contributed by atoms with Gasteiger partial charge in [-0.05, 0) is 50.2 Å². The summed E-state index contributed by atoms with van der Waals surface area (Å²) in [6.07, 6.45) is 7.78. The predicted octanol–water partition coefficient (Wildman–Crippen LogP) is 3.14. The van der Waals surface area contributed by atoms with E-state index < -0.39 is 0 Å². The fourth-order valence-corrected chi connectivity index (χ4v) is 4.18. The van der Waals surface area contributed by atoms with E-state index in [2.05, 4.69) is 15.1 Å². The number of carbonyl (C=O) groups excluding carboxylic acids is 1. The van der Waals surface area contributed by atoms with Crippen LogP contribution in [0.5, 0.6) is 0 Å². The first kappa shape index (κ1) is 17.8. The molecule has 0 aromatic carbocycles. The lowest BCUT2D eigenvalue weighted by atomic mass is 9.96. The quantitative estimate of drug-likeness (QED) is 0.790. The van der Waals surface area contributed by atoms with E-state index in [4.69, 9.17) is 9.26 Å². The van der Waals surface area contributed by atoms with Crippen LogP contribution in [0, 0.1) is 5.92 Å². The van der Waals surface area contributed by atoms with Crippen LogP contribution in [0.3, 0.4) is 0 Å². The minimum Gasteiger partial charge on any atom is -0.381 e. The standard InChI is InChI=1S/C21H26N4O3/c26-19(11-14-1-2-14)25-8-4-15(5-9-25)20-23-21(28-24-20)16-3-7-22-18(12-16)17-6-10-27-13-17/h3,7,12,14-15,17H,1-2,4-6,8-11,13H2. The van der Waals surface area contributed by atoms with Crippen LogP contribution in [-0.2, 0) is 9.53 Å². The largest absolute Gasteiger partial charge is 0.381 e. The number of piperidine rings is 1. The fourth-order valence-electron chi connectivity index (χ4n) is 4.18. The summed E-state index contributed by atoms with van der Waals surface area (Å²) >= 11 is 0. The second-order valence-corrected chi connectivity index (χ2v) is 8.29. The maximum Gasteiger partial charge on any atom is 0.258 e. The van der Waals surface area contributed by atoms with Crippen LogP contribution in [0.15, 0.2) is 22.9 Å². The van der Waals surface area contributed by atoms with Crippen molar-refractivity contribution in [2.24, 2.45) is 5.92 Å². The highest BCUT2D eigenvalue weighted by Crippen LogP contribution is 2.34. The summed E-state index contributed by atoms with van der Waals surface area (Å²) in [6, 6.07) is 3.95. The number of rotatable bonds is 5. The Labute approximate surface area is 164 Å². The number of likely N-dealkylation sites (tertiary alicyclic amines) is 1. The Balaban J connectivity index is 1.23. The molecular weight excluding hydrogens is 356 g/mol. The van der Waals surface area contributed by atoms with E-state index in [0.29, 0.717) is 23.6 Å². The van der Waals surface area contributed by atoms with Crippen molar-refractivity contribution in [3.63, 3.8) is 0 Å². The lowest BCUT2D eigenvalue weighted by molar-refractivity contribution is -0.132. The summed E-state index contributed by atoms with van der Waals surface area (Å²) in [5, 5.41) is 4.24. The molecule has 0 radical (unpaired) electrons. The highest BCUT2D eigenvalue weighted by atomic mass is 16.5. The molecule has 2 aromatic heterocycles. The van der Waals surface area contributed by atoms with Crippen molar-refractivity contribution in [2.75, 3.05) is 26.3 Å². The van der Waals surface area contributed by atoms with Crippen molar-refractivity contribution >= 4 is 5.91 Å². The van der Waals surface area contributed by atoms with E-state index in [-0.39, 0.29) is 5.92 Å². The molecule has 0 spiro atoms. The Morgan fingerprint density at radius 3 is 2.75 bits per heavy atom. The van der Waals surface area contributed by atoms with Gasteiger partial charge in [0.1, 0.15) is 0 Å². The molecule has 1 aliphatic carbocycles. The van der Waals surface area contributed by atoms with E-state index in [1.165, 1.54) is 12.8 Å². The molecule has 7 nitrogen and oxygen atoms in total. The molecule has 2 aromatic rings. The molecule has 3 fully saturated rings. The zero-order valence-corrected chi connectivity index (χ0v) is 16.0. The Bertz CT molecular complexity index is 834. The normalized spacial score (nSPS) is 23.3. The van der Waals surface area contributed by atoms with Crippen LogP contribution in [-0.4, -0.2) is 52.2 Å². The highest BCUT2D eigenvalue weighted by Gasteiger charge is 2.31. The molecule has 148 valence electrons. The van der Waals surface area contributed by atoms with Crippen molar-refractivity contribution in [1.82, 2.24) is 20.0 Å². The van der Waals surface area contributed by atoms with Gasteiger partial charge < -0.3 is 14.2 Å². The third-order valence-electron chi connectivity index (χ3n) is 6.19. The highest BCUT2D eigenvalue weighted by molar-refractivity contribution is 5.76. The molecule has 3 aliphatic rings. The minimum absolute atomic E-state index is 0.256. The molecule has 1 atom stereocenters. The molecule has 5 rings (SSSR count). The molecule has 28 heavy (non-hydrogen) atoms. The fraction of sp³-hybridized carbons (Fsp3) is 0.619. The number of amides is 1. The van der Waals surface area contributed by atoms with E-state index in [1.54, 1.807) is 6.20 Å². The molecule has 1 unspecified atom stereocenters. The summed E-state index contributed by atoms with van der Waals surface area (Å²) in [5.41, 5.74) is 1.94. The topological polar surface area (TPSA) is 81.4 Å². The number of hydrogen-bond donors (Lipinski definition) is 0. The third kappa shape index (κ3) is 3.81. The summed E-state index contributed by atoms with van der Waals surface area (Å²) < 4.78 is 11.0. The SMILES string of the molecule is O=C(CC1CC1)N1CCC(c2noc(-c3ccnc(C4CCOC4)c3)n2)CC1. The Kier molecular flexibility index (Phi) is 4.84. The second kappa shape index (κ2) is 7.62. The van der Waals surface area contributed by atoms with Gasteiger partial charge in [0.05, 0.1) is 6.61 Å². The molecule has 7 heteroatoms. The average molecular weight is 382 g/mol. The van der Waals surface area contributed by atoms with E-state index in [0.717, 1.165) is 69.1 Å². The predicted molar refractivity (Wildman–Crippen MR) is 102 cm³/mol. The molecule has 2 aliphatic heterocycles. The molecule has 0 bridgehead atoms. The van der Waals surface area contributed by atoms with E-state index in [1.807, 2.05) is 17.0 Å². The van der Waals surface area contributed by atoms with Gasteiger partial charge in [0.25, 0.3) is 5.89 Å². The third-order valence-corrected chi connectivity index (χ3v) is 6.19. The maximum atomic E-state index is 12.3. The van der Waals surface area contributed by atoms with Crippen LogP contribution in [0.1, 0.15) is 61.9 Å². The van der Waals surface area contributed by atoms with Crippen molar-refractivity contribution in [1.29, 1.82) is 0 Å². The molecule has 1 saturated carbocycles. The number of carbonyl (C=O) groups is 1. The first-order valence-corrected chi connectivity index (χ1v) is 10.4. The van der Waals surface area contributed by atoms with Crippen LogP contribution in [0.4, 0.5) is 0 Å². The summed E-state index contributed by atoms with van der Waals surface area (Å²) in [7, 11) is 0. The van der Waals surface area contributed by atoms with Gasteiger partial charge in [0.15, 0.2) is 5.82 Å². The van der Waals surface area contributed by atoms with Crippen LogP contribution >= 0.6 is 0 Å². The molecule has 0 N–H and O–H groups in total. The number of pyridine rings is 1. The molecule has 2 saturated heterocycles. The van der Waals surface area contributed by atoms with Gasteiger partial charge in [0, 0.05) is 55.4 Å². The van der Waals surface area contributed by atoms with Gasteiger partial charge >= 0.3 is 0 Å². The monoisotopic (exact) mass is 382 g/mol. The number of ether oxygens (including phenoxy) is 1. The number of aromatic nitrogens is 3. The van der Waals surface area contributed by atoms with Crippen molar-refractivity contribution in [3.05, 3.63) is 29.8 Å². The zero-order valence-electron chi connectivity index (χ0n) is 16.0. The molecular formula is C21H26N4O3. The van der Waals surface area contributed by atoms with Gasteiger partial charge in [-0.15, -0.1) is 0 Å². The first-order chi connectivity index (χ1) is 13.8. The van der Waals surface area contributed by atoms with Crippen LogP contribution in [0.2, 0.25) is 0 Å². The maximum absolute atomic E-state index is 12.3. The van der Waals surface area contributed by atoms with Crippen LogP contribution in [0.25, 0.3) is 11.5 Å². The lowest BCUT2D eigenvalue weighted by Crippen LogP contribution is -2.38. The van der Waals surface area contributed by atoms with Gasteiger partial charge in [-0.1, -0.05) is 5.16 Å². The number of nitrogens with zero attached hydrogens (tertiary/aromatic N) is 4. The average Bonchev–Trinajstić information content (AvgIpc) is 3.21. The summed E-state index contributed by atoms with van der Waals surface area (Å²) in [4.78, 5) is 23.4. The van der Waals surface area contributed by atoms with E-state index in [9.17, 15) is 4.79 Å².